The van der Waals surface area contributed by atoms with Crippen molar-refractivity contribution in [1.82, 2.24) is 0 Å². The molecule has 0 N–H and O–H groups in total. The molecule has 0 radical (unpaired) electrons. The molecule has 1 aliphatic carbocycles. The third kappa shape index (κ3) is 1.64. The van der Waals surface area contributed by atoms with Crippen LogP contribution in [0.2, 0.25) is 0 Å². The molecule has 2 aromatic rings. The Bertz CT molecular complexity index is 880. The van der Waals surface area contributed by atoms with E-state index in [0.29, 0.717) is 0 Å². The summed E-state index contributed by atoms with van der Waals surface area (Å²) < 4.78 is 22.3. The Morgan fingerprint density at radius 3 is 1.77 bits per heavy atom. The zero-order valence-corrected chi connectivity index (χ0v) is 14.5. The summed E-state index contributed by atoms with van der Waals surface area (Å²) in [7, 11) is 0. The molecule has 0 saturated carbocycles. The van der Waals surface area contributed by atoms with E-state index in [4.69, 9.17) is 18.9 Å². The molecule has 6 heteroatoms. The van der Waals surface area contributed by atoms with Gasteiger partial charge in [0.1, 0.15) is 0 Å². The van der Waals surface area contributed by atoms with Crippen LogP contribution in [0.15, 0.2) is 36.4 Å². The second-order valence-corrected chi connectivity index (χ2v) is 6.68. The number of epoxide rings is 2. The number of rotatable bonds is 4. The van der Waals surface area contributed by atoms with Gasteiger partial charge in [-0.25, -0.2) is 9.59 Å². The van der Waals surface area contributed by atoms with Crippen LogP contribution in [0.3, 0.4) is 0 Å². The molecule has 26 heavy (non-hydrogen) atoms. The molecule has 6 nitrogen and oxygen atoms in total. The van der Waals surface area contributed by atoms with Crippen LogP contribution in [0, 0.1) is 0 Å². The highest BCUT2D eigenvalue weighted by Gasteiger charge is 2.88. The van der Waals surface area contributed by atoms with Crippen LogP contribution >= 0.6 is 0 Å². The summed E-state index contributed by atoms with van der Waals surface area (Å²) in [5.74, 6) is -0.871. The normalized spacial score (nSPS) is 32.8. The minimum atomic E-state index is -1.03. The highest BCUT2D eigenvalue weighted by atomic mass is 16.7. The Hall–Kier alpha value is -2.44. The van der Waals surface area contributed by atoms with Gasteiger partial charge in [0.25, 0.3) is 0 Å². The van der Waals surface area contributed by atoms with Crippen molar-refractivity contribution >= 4 is 22.7 Å². The molecule has 0 bridgehead atoms. The third-order valence-corrected chi connectivity index (χ3v) is 5.49. The first-order valence-electron chi connectivity index (χ1n) is 8.83. The molecule has 2 heterocycles. The standard InChI is InChI=1S/C20H18O6/c1-3-23-17(21)15-19(25-15)12-9-5-7-11-8-6-10-13(14(11)12)20(19)16(26-20)18(22)24-4-2/h5-10,15-16H,3-4H2,1-2H3/t15-,16+,19-,20-/m1/s1. The maximum atomic E-state index is 12.4. The molecular formula is C20H18O6. The third-order valence-electron chi connectivity index (χ3n) is 5.49. The fourth-order valence-electron chi connectivity index (χ4n) is 4.50. The van der Waals surface area contributed by atoms with Crippen LogP contribution in [0.1, 0.15) is 25.0 Å². The van der Waals surface area contributed by atoms with E-state index in [9.17, 15) is 9.59 Å². The first-order valence-corrected chi connectivity index (χ1v) is 8.83. The van der Waals surface area contributed by atoms with E-state index in [1.807, 2.05) is 36.4 Å². The second-order valence-electron chi connectivity index (χ2n) is 6.68. The van der Waals surface area contributed by atoms with Crippen LogP contribution < -0.4 is 0 Å². The minimum absolute atomic E-state index is 0.265. The molecule has 2 saturated heterocycles. The minimum Gasteiger partial charge on any atom is -0.464 e. The summed E-state index contributed by atoms with van der Waals surface area (Å²) >= 11 is 0. The second kappa shape index (κ2) is 5.05. The Labute approximate surface area is 150 Å². The number of benzene rings is 2. The number of ether oxygens (including phenoxy) is 4. The Balaban J connectivity index is 1.68. The van der Waals surface area contributed by atoms with Crippen molar-refractivity contribution in [1.29, 1.82) is 0 Å². The molecule has 0 unspecified atom stereocenters. The highest BCUT2D eigenvalue weighted by Crippen LogP contribution is 2.74. The SMILES string of the molecule is CCOC(=O)[C@H]1O[C@]12c1cccc3cccc(c13)[C@]21O[C@H]1C(=O)OCC. The van der Waals surface area contributed by atoms with Crippen LogP contribution in [0.5, 0.6) is 0 Å². The van der Waals surface area contributed by atoms with Gasteiger partial charge in [-0.2, -0.15) is 0 Å². The van der Waals surface area contributed by atoms with Gasteiger partial charge in [0, 0.05) is 0 Å². The van der Waals surface area contributed by atoms with Crippen molar-refractivity contribution < 1.29 is 28.5 Å². The maximum Gasteiger partial charge on any atom is 0.338 e. The van der Waals surface area contributed by atoms with Crippen LogP contribution in [0.4, 0.5) is 0 Å². The zero-order chi connectivity index (χ0) is 18.1. The number of carbonyl (C=O) groups excluding carboxylic acids is 2. The van der Waals surface area contributed by atoms with Gasteiger partial charge >= 0.3 is 11.9 Å². The summed E-state index contributed by atoms with van der Waals surface area (Å²) in [5.41, 5.74) is -0.314. The fraction of sp³-hybridized carbons (Fsp3) is 0.400. The first kappa shape index (κ1) is 15.8. The van der Waals surface area contributed by atoms with Crippen LogP contribution in [-0.4, -0.2) is 37.4 Å². The lowest BCUT2D eigenvalue weighted by Crippen LogP contribution is -2.34. The van der Waals surface area contributed by atoms with Crippen molar-refractivity contribution in [3.05, 3.63) is 47.5 Å². The van der Waals surface area contributed by atoms with E-state index in [2.05, 4.69) is 0 Å². The predicted octanol–water partition coefficient (Wildman–Crippen LogP) is 2.17. The van der Waals surface area contributed by atoms with E-state index in [0.717, 1.165) is 21.9 Å². The molecule has 4 atom stereocenters. The van der Waals surface area contributed by atoms with Gasteiger partial charge in [-0.1, -0.05) is 36.4 Å². The Morgan fingerprint density at radius 1 is 0.885 bits per heavy atom. The molecule has 2 aliphatic heterocycles. The number of fused-ring (bicyclic) bond motifs is 3. The average molecular weight is 354 g/mol. The number of hydrogen-bond donors (Lipinski definition) is 0. The zero-order valence-electron chi connectivity index (χ0n) is 14.5. The number of carbonyl (C=O) groups is 2. The molecular weight excluding hydrogens is 336 g/mol. The lowest BCUT2D eigenvalue weighted by Gasteiger charge is -2.15. The summed E-state index contributed by atoms with van der Waals surface area (Å²) in [6.07, 6.45) is -1.58. The summed E-state index contributed by atoms with van der Waals surface area (Å²) in [4.78, 5) is 24.9. The maximum absolute atomic E-state index is 12.4. The average Bonchev–Trinajstić information content (AvgIpc) is 3.52. The molecule has 134 valence electrons. The lowest BCUT2D eigenvalue weighted by molar-refractivity contribution is -0.145. The van der Waals surface area contributed by atoms with Crippen molar-refractivity contribution in [2.45, 2.75) is 37.3 Å². The van der Waals surface area contributed by atoms with Gasteiger partial charge in [-0.15, -0.1) is 0 Å². The molecule has 0 amide bonds. The van der Waals surface area contributed by atoms with Crippen LogP contribution in [0.25, 0.3) is 10.8 Å². The monoisotopic (exact) mass is 354 g/mol. The summed E-state index contributed by atoms with van der Waals surface area (Å²) in [6.45, 7) is 4.03. The smallest absolute Gasteiger partial charge is 0.338 e. The van der Waals surface area contributed by atoms with E-state index in [1.165, 1.54) is 0 Å². The summed E-state index contributed by atoms with van der Waals surface area (Å²) in [5, 5.41) is 2.00. The molecule has 2 spiro atoms. The van der Waals surface area contributed by atoms with E-state index in [-0.39, 0.29) is 13.2 Å². The van der Waals surface area contributed by atoms with Gasteiger partial charge in [0.15, 0.2) is 23.4 Å². The number of esters is 2. The lowest BCUT2D eigenvalue weighted by atomic mass is 9.83. The largest absolute Gasteiger partial charge is 0.464 e. The van der Waals surface area contributed by atoms with Crippen molar-refractivity contribution in [3.8, 4) is 0 Å². The van der Waals surface area contributed by atoms with Gasteiger partial charge < -0.3 is 18.9 Å². The predicted molar refractivity (Wildman–Crippen MR) is 90.3 cm³/mol. The van der Waals surface area contributed by atoms with Crippen molar-refractivity contribution in [2.24, 2.45) is 0 Å². The topological polar surface area (TPSA) is 77.7 Å². The molecule has 0 aromatic heterocycles. The van der Waals surface area contributed by atoms with Gasteiger partial charge in [0.2, 0.25) is 0 Å². The van der Waals surface area contributed by atoms with Gasteiger partial charge in [0.05, 0.1) is 13.2 Å². The Morgan fingerprint density at radius 2 is 1.35 bits per heavy atom. The van der Waals surface area contributed by atoms with Crippen molar-refractivity contribution in [2.75, 3.05) is 13.2 Å². The quantitative estimate of drug-likeness (QED) is 0.619. The van der Waals surface area contributed by atoms with Gasteiger partial charge in [-0.05, 0) is 35.7 Å². The molecule has 2 aromatic carbocycles. The van der Waals surface area contributed by atoms with Gasteiger partial charge in [-0.3, -0.25) is 0 Å². The summed E-state index contributed by atoms with van der Waals surface area (Å²) in [6, 6.07) is 11.7. The highest BCUT2D eigenvalue weighted by molar-refractivity contribution is 5.99. The van der Waals surface area contributed by atoms with E-state index >= 15 is 0 Å². The number of hydrogen-bond acceptors (Lipinski definition) is 6. The van der Waals surface area contributed by atoms with Crippen molar-refractivity contribution in [3.63, 3.8) is 0 Å². The first-order chi connectivity index (χ1) is 12.6. The fourth-order valence-corrected chi connectivity index (χ4v) is 4.50. The van der Waals surface area contributed by atoms with Crippen LogP contribution in [-0.2, 0) is 39.7 Å². The Kier molecular flexibility index (Phi) is 3.07. The van der Waals surface area contributed by atoms with E-state index < -0.39 is 35.3 Å². The molecule has 3 aliphatic rings. The van der Waals surface area contributed by atoms with E-state index in [1.54, 1.807) is 13.8 Å². The molecule has 5 rings (SSSR count). The molecule has 2 fully saturated rings.